The van der Waals surface area contributed by atoms with Crippen LogP contribution < -0.4 is 0 Å². The van der Waals surface area contributed by atoms with E-state index in [9.17, 15) is 31.1 Å². The minimum absolute atomic E-state index is 0.0117. The van der Waals surface area contributed by atoms with E-state index in [2.05, 4.69) is 4.84 Å². The third kappa shape index (κ3) is 2.65. The van der Waals surface area contributed by atoms with E-state index in [1.807, 2.05) is 0 Å². The second kappa shape index (κ2) is 4.26. The van der Waals surface area contributed by atoms with Gasteiger partial charge in [-0.2, -0.15) is 26.3 Å². The molecule has 19 heavy (non-hydrogen) atoms. The van der Waals surface area contributed by atoms with Crippen LogP contribution >= 0.6 is 0 Å². The molecule has 0 radical (unpaired) electrons. The van der Waals surface area contributed by atoms with Crippen molar-refractivity contribution in [3.63, 3.8) is 0 Å². The van der Waals surface area contributed by atoms with Gasteiger partial charge in [-0.25, -0.2) is 4.79 Å². The zero-order valence-electron chi connectivity index (χ0n) is 9.64. The quantitative estimate of drug-likeness (QED) is 0.733. The predicted molar refractivity (Wildman–Crippen MR) is 49.5 cm³/mol. The molecule has 2 aliphatic rings. The molecule has 110 valence electrons. The summed E-state index contributed by atoms with van der Waals surface area (Å²) >= 11 is 0. The van der Waals surface area contributed by atoms with Gasteiger partial charge in [-0.15, -0.1) is 5.06 Å². The lowest BCUT2D eigenvalue weighted by atomic mass is 9.88. The third-order valence-electron chi connectivity index (χ3n) is 3.73. The van der Waals surface area contributed by atoms with Gasteiger partial charge in [0, 0.05) is 13.1 Å². The summed E-state index contributed by atoms with van der Waals surface area (Å²) in [6, 6.07) is 0. The minimum atomic E-state index is -5.14. The molecule has 0 amide bonds. The van der Waals surface area contributed by atoms with E-state index >= 15 is 0 Å². The fourth-order valence-electron chi connectivity index (χ4n) is 2.49. The molecule has 0 aromatic carbocycles. The maximum atomic E-state index is 12.8. The van der Waals surface area contributed by atoms with Crippen molar-refractivity contribution in [1.82, 2.24) is 5.06 Å². The minimum Gasteiger partial charge on any atom is -0.361 e. The molecule has 2 fully saturated rings. The van der Waals surface area contributed by atoms with E-state index in [1.54, 1.807) is 0 Å². The van der Waals surface area contributed by atoms with Gasteiger partial charge >= 0.3 is 18.3 Å². The number of carbonyl (C=O) groups is 1. The Bertz CT molecular complexity index is 373. The molecule has 0 aromatic rings. The number of halogens is 6. The highest BCUT2D eigenvalue weighted by Gasteiger charge is 2.67. The van der Waals surface area contributed by atoms with Gasteiger partial charge in [0.2, 0.25) is 0 Å². The maximum absolute atomic E-state index is 12.8. The van der Waals surface area contributed by atoms with Crippen molar-refractivity contribution in [2.45, 2.75) is 31.6 Å². The van der Waals surface area contributed by atoms with Gasteiger partial charge in [0.15, 0.2) is 0 Å². The van der Waals surface area contributed by atoms with Crippen molar-refractivity contribution in [2.75, 3.05) is 13.1 Å². The number of hydroxylamine groups is 2. The number of hydrogen-bond acceptors (Lipinski definition) is 3. The summed E-state index contributed by atoms with van der Waals surface area (Å²) in [7, 11) is 0. The lowest BCUT2D eigenvalue weighted by Crippen LogP contribution is -2.36. The lowest BCUT2D eigenvalue weighted by Gasteiger charge is -2.25. The molecule has 2 rings (SSSR count). The fraction of sp³-hybridized carbons (Fsp3) is 0.900. The van der Waals surface area contributed by atoms with Crippen LogP contribution in [0, 0.1) is 11.3 Å². The average Bonchev–Trinajstić information content (AvgIpc) is 2.93. The largest absolute Gasteiger partial charge is 0.492 e. The average molecular weight is 291 g/mol. The summed E-state index contributed by atoms with van der Waals surface area (Å²) in [4.78, 5) is 14.6. The summed E-state index contributed by atoms with van der Waals surface area (Å²) in [6.07, 6.45) is -9.45. The number of nitrogens with zero attached hydrogens (tertiary/aromatic N) is 1. The summed E-state index contributed by atoms with van der Waals surface area (Å²) in [6.45, 7) is -0.411. The van der Waals surface area contributed by atoms with E-state index in [4.69, 9.17) is 0 Å². The monoisotopic (exact) mass is 291 g/mol. The molecule has 1 aliphatic heterocycles. The zero-order chi connectivity index (χ0) is 14.5. The Kier molecular flexibility index (Phi) is 3.23. The van der Waals surface area contributed by atoms with Crippen LogP contribution in [0.5, 0.6) is 0 Å². The first-order valence-corrected chi connectivity index (χ1v) is 5.67. The maximum Gasteiger partial charge on any atom is 0.492 e. The van der Waals surface area contributed by atoms with Gasteiger partial charge in [-0.05, 0) is 25.2 Å². The highest BCUT2D eigenvalue weighted by atomic mass is 19.4. The SMILES string of the molecule is O=C(ON1CCC(C2(C(F)(F)F)CC2)C1)C(F)(F)F. The molecule has 0 aromatic heterocycles. The van der Waals surface area contributed by atoms with Gasteiger partial charge < -0.3 is 4.84 Å². The molecule has 0 spiro atoms. The highest BCUT2D eigenvalue weighted by molar-refractivity contribution is 5.75. The van der Waals surface area contributed by atoms with E-state index in [0.717, 1.165) is 0 Å². The Morgan fingerprint density at radius 3 is 2.16 bits per heavy atom. The Balaban J connectivity index is 1.93. The predicted octanol–water partition coefficient (Wildman–Crippen LogP) is 2.67. The molecule has 1 saturated heterocycles. The van der Waals surface area contributed by atoms with Gasteiger partial charge in [0.05, 0.1) is 5.41 Å². The molecule has 1 aliphatic carbocycles. The normalized spacial score (nSPS) is 27.4. The van der Waals surface area contributed by atoms with E-state index in [0.29, 0.717) is 5.06 Å². The third-order valence-corrected chi connectivity index (χ3v) is 3.73. The van der Waals surface area contributed by atoms with Crippen LogP contribution in [-0.4, -0.2) is 36.5 Å². The lowest BCUT2D eigenvalue weighted by molar-refractivity contribution is -0.238. The number of hydrogen-bond donors (Lipinski definition) is 0. The number of rotatable bonds is 2. The molecular formula is C10H11F6NO2. The summed E-state index contributed by atoms with van der Waals surface area (Å²) in [5.41, 5.74) is -1.80. The van der Waals surface area contributed by atoms with Crippen LogP contribution in [0.4, 0.5) is 26.3 Å². The first-order chi connectivity index (χ1) is 8.56. The van der Waals surface area contributed by atoms with Crippen molar-refractivity contribution in [3.05, 3.63) is 0 Å². The number of carbonyl (C=O) groups excluding carboxylic acids is 1. The second-order valence-electron chi connectivity index (χ2n) is 4.90. The smallest absolute Gasteiger partial charge is 0.361 e. The van der Waals surface area contributed by atoms with Crippen LogP contribution in [0.25, 0.3) is 0 Å². The fourth-order valence-corrected chi connectivity index (χ4v) is 2.49. The summed E-state index contributed by atoms with van der Waals surface area (Å²) in [5.74, 6) is -3.21. The Hall–Kier alpha value is -0.990. The molecule has 1 heterocycles. The van der Waals surface area contributed by atoms with E-state index in [1.165, 1.54) is 0 Å². The van der Waals surface area contributed by atoms with Crippen LogP contribution in [0.2, 0.25) is 0 Å². The van der Waals surface area contributed by atoms with Crippen molar-refractivity contribution in [2.24, 2.45) is 11.3 Å². The first kappa shape index (κ1) is 14.4. The first-order valence-electron chi connectivity index (χ1n) is 5.67. The molecule has 1 saturated carbocycles. The van der Waals surface area contributed by atoms with Crippen molar-refractivity contribution in [3.8, 4) is 0 Å². The van der Waals surface area contributed by atoms with Gasteiger partial charge in [0.1, 0.15) is 0 Å². The molecule has 3 nitrogen and oxygen atoms in total. The van der Waals surface area contributed by atoms with Crippen molar-refractivity contribution >= 4 is 5.97 Å². The Morgan fingerprint density at radius 2 is 1.74 bits per heavy atom. The van der Waals surface area contributed by atoms with Gasteiger partial charge in [0.25, 0.3) is 0 Å². The highest BCUT2D eigenvalue weighted by Crippen LogP contribution is 2.64. The molecule has 1 unspecified atom stereocenters. The van der Waals surface area contributed by atoms with Crippen molar-refractivity contribution in [1.29, 1.82) is 0 Å². The van der Waals surface area contributed by atoms with Crippen molar-refractivity contribution < 1.29 is 36.0 Å². The standard InChI is InChI=1S/C10H11F6NO2/c11-9(12,13)7(18)19-17-4-1-6(5-17)8(2-3-8)10(14,15)16/h6H,1-5H2. The second-order valence-corrected chi connectivity index (χ2v) is 4.90. The molecular weight excluding hydrogens is 280 g/mol. The van der Waals surface area contributed by atoms with Crippen LogP contribution in [0.15, 0.2) is 0 Å². The topological polar surface area (TPSA) is 29.5 Å². The van der Waals surface area contributed by atoms with Gasteiger partial charge in [-0.3, -0.25) is 0 Å². The van der Waals surface area contributed by atoms with E-state index in [-0.39, 0.29) is 32.4 Å². The van der Waals surface area contributed by atoms with Crippen LogP contribution in [0.1, 0.15) is 19.3 Å². The molecule has 0 bridgehead atoms. The Labute approximate surface area is 104 Å². The molecule has 1 atom stereocenters. The van der Waals surface area contributed by atoms with Crippen LogP contribution in [-0.2, 0) is 9.63 Å². The Morgan fingerprint density at radius 1 is 1.16 bits per heavy atom. The molecule has 9 heteroatoms. The zero-order valence-corrected chi connectivity index (χ0v) is 9.64. The summed E-state index contributed by atoms with van der Waals surface area (Å²) in [5, 5.41) is 0.673. The summed E-state index contributed by atoms with van der Waals surface area (Å²) < 4.78 is 74.3. The molecule has 0 N–H and O–H groups in total. The van der Waals surface area contributed by atoms with Crippen LogP contribution in [0.3, 0.4) is 0 Å². The van der Waals surface area contributed by atoms with Gasteiger partial charge in [-0.1, -0.05) is 0 Å². The number of alkyl halides is 6. The van der Waals surface area contributed by atoms with E-state index < -0.39 is 29.7 Å².